The lowest BCUT2D eigenvalue weighted by atomic mass is 10.3. The van der Waals surface area contributed by atoms with Crippen LogP contribution in [-0.4, -0.2) is 53.3 Å². The van der Waals surface area contributed by atoms with Crippen molar-refractivity contribution < 1.29 is 9.53 Å². The summed E-state index contributed by atoms with van der Waals surface area (Å²) >= 11 is 5.66. The average molecular weight is 246 g/mol. The molecule has 1 rings (SSSR count). The summed E-state index contributed by atoms with van der Waals surface area (Å²) in [4.78, 5) is 13.7. The minimum absolute atomic E-state index is 0.0716. The maximum atomic E-state index is 12.1. The molecule has 0 fully saturated rings. The molecule has 0 unspecified atom stereocenters. The summed E-state index contributed by atoms with van der Waals surface area (Å²) in [6.07, 6.45) is 1.60. The maximum Gasteiger partial charge on any atom is 0.272 e. The van der Waals surface area contributed by atoms with Gasteiger partial charge in [-0.2, -0.15) is 5.10 Å². The third-order valence-corrected chi connectivity index (χ3v) is 2.42. The minimum Gasteiger partial charge on any atom is -0.383 e. The zero-order valence-electron chi connectivity index (χ0n) is 9.52. The van der Waals surface area contributed by atoms with Gasteiger partial charge in [-0.15, -0.1) is 11.6 Å². The molecule has 1 aromatic heterocycles. The van der Waals surface area contributed by atoms with E-state index in [1.165, 1.54) is 0 Å². The van der Waals surface area contributed by atoms with Crippen LogP contribution in [0.1, 0.15) is 10.5 Å². The number of amides is 1. The number of nitrogens with zero attached hydrogens (tertiary/aromatic N) is 3. The molecule has 16 heavy (non-hydrogen) atoms. The molecule has 1 aromatic rings. The molecule has 6 heteroatoms. The van der Waals surface area contributed by atoms with Crippen LogP contribution in [0.15, 0.2) is 12.3 Å². The van der Waals surface area contributed by atoms with Crippen molar-refractivity contribution in [2.75, 3.05) is 32.7 Å². The molecular weight excluding hydrogens is 230 g/mol. The molecule has 0 spiro atoms. The van der Waals surface area contributed by atoms with E-state index in [-0.39, 0.29) is 5.91 Å². The second kappa shape index (κ2) is 6.50. The largest absolute Gasteiger partial charge is 0.383 e. The van der Waals surface area contributed by atoms with E-state index >= 15 is 0 Å². The summed E-state index contributed by atoms with van der Waals surface area (Å²) in [5.74, 6) is 0.338. The molecule has 0 aromatic carbocycles. The monoisotopic (exact) mass is 245 g/mol. The molecule has 0 bridgehead atoms. The highest BCUT2D eigenvalue weighted by Crippen LogP contribution is 2.03. The van der Waals surface area contributed by atoms with Crippen molar-refractivity contribution in [2.24, 2.45) is 7.05 Å². The number of methoxy groups -OCH3 is 1. The first-order valence-corrected chi connectivity index (χ1v) is 5.56. The van der Waals surface area contributed by atoms with Crippen LogP contribution in [0, 0.1) is 0 Å². The molecule has 5 nitrogen and oxygen atoms in total. The van der Waals surface area contributed by atoms with Crippen LogP contribution in [0.3, 0.4) is 0 Å². The lowest BCUT2D eigenvalue weighted by Crippen LogP contribution is -2.36. The molecule has 0 saturated carbocycles. The number of ether oxygens (including phenoxy) is 1. The molecular formula is C10H16ClN3O2. The van der Waals surface area contributed by atoms with Gasteiger partial charge in [-0.1, -0.05) is 0 Å². The predicted molar refractivity (Wildman–Crippen MR) is 61.7 cm³/mol. The molecule has 0 aliphatic heterocycles. The Morgan fingerprint density at radius 1 is 1.62 bits per heavy atom. The number of aryl methyl sites for hydroxylation is 1. The van der Waals surface area contributed by atoms with Gasteiger partial charge in [0.25, 0.3) is 5.91 Å². The molecule has 0 radical (unpaired) electrons. The summed E-state index contributed by atoms with van der Waals surface area (Å²) in [5, 5.41) is 3.97. The number of halogens is 1. The highest BCUT2D eigenvalue weighted by molar-refractivity contribution is 6.18. The molecule has 1 amide bonds. The van der Waals surface area contributed by atoms with E-state index in [9.17, 15) is 4.79 Å². The number of rotatable bonds is 6. The predicted octanol–water partition coefficient (Wildman–Crippen LogP) is 0.748. The normalized spacial score (nSPS) is 10.4. The van der Waals surface area contributed by atoms with Gasteiger partial charge in [0.2, 0.25) is 0 Å². The van der Waals surface area contributed by atoms with Crippen molar-refractivity contribution in [1.82, 2.24) is 14.7 Å². The van der Waals surface area contributed by atoms with Gasteiger partial charge in [0, 0.05) is 39.3 Å². The highest BCUT2D eigenvalue weighted by Gasteiger charge is 2.17. The van der Waals surface area contributed by atoms with Gasteiger partial charge in [-0.05, 0) is 6.07 Å². The first-order chi connectivity index (χ1) is 7.70. The molecule has 0 N–H and O–H groups in total. The first kappa shape index (κ1) is 13.0. The zero-order chi connectivity index (χ0) is 12.0. The third-order valence-electron chi connectivity index (χ3n) is 2.25. The Balaban J connectivity index is 2.70. The summed E-state index contributed by atoms with van der Waals surface area (Å²) < 4.78 is 6.51. The van der Waals surface area contributed by atoms with Gasteiger partial charge in [-0.25, -0.2) is 0 Å². The number of carbonyl (C=O) groups excluding carboxylic acids is 1. The third kappa shape index (κ3) is 3.21. The number of hydrogen-bond acceptors (Lipinski definition) is 3. The Morgan fingerprint density at radius 2 is 2.38 bits per heavy atom. The molecule has 90 valence electrons. The number of aromatic nitrogens is 2. The Kier molecular flexibility index (Phi) is 5.28. The summed E-state index contributed by atoms with van der Waals surface area (Å²) in [7, 11) is 3.34. The fourth-order valence-electron chi connectivity index (χ4n) is 1.36. The van der Waals surface area contributed by atoms with E-state index in [1.54, 1.807) is 36.0 Å². The quantitative estimate of drug-likeness (QED) is 0.695. The molecule has 0 aliphatic rings. The van der Waals surface area contributed by atoms with Gasteiger partial charge in [-0.3, -0.25) is 9.48 Å². The minimum atomic E-state index is -0.0716. The number of hydrogen-bond donors (Lipinski definition) is 0. The Bertz CT molecular complexity index is 341. The van der Waals surface area contributed by atoms with Crippen LogP contribution in [0.5, 0.6) is 0 Å². The maximum absolute atomic E-state index is 12.1. The Labute approximate surface area is 99.9 Å². The van der Waals surface area contributed by atoms with E-state index < -0.39 is 0 Å². The van der Waals surface area contributed by atoms with Crippen molar-refractivity contribution in [3.63, 3.8) is 0 Å². The van der Waals surface area contributed by atoms with Crippen LogP contribution in [-0.2, 0) is 11.8 Å². The van der Waals surface area contributed by atoms with E-state index in [1.807, 2.05) is 0 Å². The number of carbonyl (C=O) groups is 1. The highest BCUT2D eigenvalue weighted by atomic mass is 35.5. The fourth-order valence-corrected chi connectivity index (χ4v) is 1.57. The van der Waals surface area contributed by atoms with Crippen molar-refractivity contribution >= 4 is 17.5 Å². The summed E-state index contributed by atoms with van der Waals surface area (Å²) in [5.41, 5.74) is 0.557. The Morgan fingerprint density at radius 3 is 2.88 bits per heavy atom. The van der Waals surface area contributed by atoms with Crippen molar-refractivity contribution in [3.05, 3.63) is 18.0 Å². The molecule has 0 aliphatic carbocycles. The molecule has 1 heterocycles. The standard InChI is InChI=1S/C10H16ClN3O2/c1-13-9(3-5-12-13)10(15)14(6-4-11)7-8-16-2/h3,5H,4,6-8H2,1-2H3. The zero-order valence-corrected chi connectivity index (χ0v) is 10.3. The smallest absolute Gasteiger partial charge is 0.272 e. The lowest BCUT2D eigenvalue weighted by molar-refractivity contribution is 0.0697. The number of alkyl halides is 1. The van der Waals surface area contributed by atoms with Crippen LogP contribution in [0.4, 0.5) is 0 Å². The summed E-state index contributed by atoms with van der Waals surface area (Å²) in [6, 6.07) is 1.69. The molecule has 0 atom stereocenters. The lowest BCUT2D eigenvalue weighted by Gasteiger charge is -2.21. The van der Waals surface area contributed by atoms with Crippen LogP contribution in [0.25, 0.3) is 0 Å². The fraction of sp³-hybridized carbons (Fsp3) is 0.600. The van der Waals surface area contributed by atoms with Gasteiger partial charge in [0.1, 0.15) is 5.69 Å². The van der Waals surface area contributed by atoms with Crippen molar-refractivity contribution in [3.8, 4) is 0 Å². The Hall–Kier alpha value is -1.07. The second-order valence-electron chi connectivity index (χ2n) is 3.31. The average Bonchev–Trinajstić information content (AvgIpc) is 2.69. The van der Waals surface area contributed by atoms with Crippen LogP contribution >= 0.6 is 11.6 Å². The van der Waals surface area contributed by atoms with Gasteiger partial charge in [0.15, 0.2) is 0 Å². The second-order valence-corrected chi connectivity index (χ2v) is 3.69. The topological polar surface area (TPSA) is 47.4 Å². The van der Waals surface area contributed by atoms with Crippen LogP contribution < -0.4 is 0 Å². The van der Waals surface area contributed by atoms with Crippen molar-refractivity contribution in [2.45, 2.75) is 0 Å². The summed E-state index contributed by atoms with van der Waals surface area (Å²) in [6.45, 7) is 1.54. The first-order valence-electron chi connectivity index (χ1n) is 5.03. The SMILES string of the molecule is COCCN(CCCl)C(=O)c1ccnn1C. The van der Waals surface area contributed by atoms with E-state index in [0.29, 0.717) is 31.3 Å². The van der Waals surface area contributed by atoms with Gasteiger partial charge >= 0.3 is 0 Å². The van der Waals surface area contributed by atoms with Crippen LogP contribution in [0.2, 0.25) is 0 Å². The van der Waals surface area contributed by atoms with E-state index in [2.05, 4.69) is 5.10 Å². The van der Waals surface area contributed by atoms with Crippen molar-refractivity contribution in [1.29, 1.82) is 0 Å². The van der Waals surface area contributed by atoms with E-state index in [0.717, 1.165) is 0 Å². The van der Waals surface area contributed by atoms with Gasteiger partial charge < -0.3 is 9.64 Å². The van der Waals surface area contributed by atoms with E-state index in [4.69, 9.17) is 16.3 Å². The molecule has 0 saturated heterocycles. The van der Waals surface area contributed by atoms with Gasteiger partial charge in [0.05, 0.1) is 6.61 Å².